The van der Waals surface area contributed by atoms with Gasteiger partial charge in [0.05, 0.1) is 10.2 Å². The second kappa shape index (κ2) is 7.76. The molecule has 0 saturated heterocycles. The fourth-order valence-corrected chi connectivity index (χ4v) is 2.99. The highest BCUT2D eigenvalue weighted by Crippen LogP contribution is 2.28. The smallest absolute Gasteiger partial charge is 0.262 e. The molecule has 7 heteroatoms. The van der Waals surface area contributed by atoms with Gasteiger partial charge in [0.2, 0.25) is 5.91 Å². The van der Waals surface area contributed by atoms with Crippen LogP contribution in [0.4, 0.5) is 10.8 Å². The SMILES string of the molecule is CCC(=O)Nc1nc2cc(NC(=O)COc3ccccc3)ccc2s1. The number of anilines is 2. The molecule has 2 N–H and O–H groups in total. The fraction of sp³-hybridized carbons (Fsp3) is 0.167. The summed E-state index contributed by atoms with van der Waals surface area (Å²) in [5.74, 6) is 0.312. The highest BCUT2D eigenvalue weighted by Gasteiger charge is 2.09. The third-order valence-electron chi connectivity index (χ3n) is 3.35. The Labute approximate surface area is 148 Å². The van der Waals surface area contributed by atoms with Gasteiger partial charge in [-0.1, -0.05) is 36.5 Å². The van der Waals surface area contributed by atoms with E-state index in [0.29, 0.717) is 23.0 Å². The molecule has 0 radical (unpaired) electrons. The first kappa shape index (κ1) is 16.9. The number of rotatable bonds is 6. The number of ether oxygens (including phenoxy) is 1. The number of hydrogen-bond acceptors (Lipinski definition) is 5. The summed E-state index contributed by atoms with van der Waals surface area (Å²) in [5.41, 5.74) is 1.35. The van der Waals surface area contributed by atoms with Crippen LogP contribution in [0.1, 0.15) is 13.3 Å². The summed E-state index contributed by atoms with van der Waals surface area (Å²) in [4.78, 5) is 27.8. The molecule has 0 saturated carbocycles. The van der Waals surface area contributed by atoms with Crippen LogP contribution in [0.3, 0.4) is 0 Å². The minimum Gasteiger partial charge on any atom is -0.484 e. The van der Waals surface area contributed by atoms with Gasteiger partial charge in [-0.3, -0.25) is 9.59 Å². The van der Waals surface area contributed by atoms with Gasteiger partial charge in [-0.2, -0.15) is 0 Å². The van der Waals surface area contributed by atoms with Crippen LogP contribution in [0.2, 0.25) is 0 Å². The van der Waals surface area contributed by atoms with Crippen molar-refractivity contribution in [2.45, 2.75) is 13.3 Å². The lowest BCUT2D eigenvalue weighted by molar-refractivity contribution is -0.118. The summed E-state index contributed by atoms with van der Waals surface area (Å²) >= 11 is 1.40. The lowest BCUT2D eigenvalue weighted by Crippen LogP contribution is -2.20. The average molecular weight is 355 g/mol. The summed E-state index contributed by atoms with van der Waals surface area (Å²) < 4.78 is 6.35. The molecular weight excluding hydrogens is 338 g/mol. The molecular formula is C18H17N3O3S. The second-order valence-corrected chi connectivity index (χ2v) is 6.28. The van der Waals surface area contributed by atoms with Crippen molar-refractivity contribution in [3.63, 3.8) is 0 Å². The van der Waals surface area contributed by atoms with Crippen LogP contribution in [0.15, 0.2) is 48.5 Å². The number of hydrogen-bond donors (Lipinski definition) is 2. The molecule has 1 aromatic heterocycles. The van der Waals surface area contributed by atoms with E-state index in [1.807, 2.05) is 24.3 Å². The van der Waals surface area contributed by atoms with E-state index in [0.717, 1.165) is 10.2 Å². The van der Waals surface area contributed by atoms with Crippen LogP contribution >= 0.6 is 11.3 Å². The van der Waals surface area contributed by atoms with Gasteiger partial charge in [0.25, 0.3) is 5.91 Å². The highest BCUT2D eigenvalue weighted by atomic mass is 32.1. The maximum atomic E-state index is 12.0. The van der Waals surface area contributed by atoms with E-state index in [4.69, 9.17) is 4.74 Å². The molecule has 0 bridgehead atoms. The number of carbonyl (C=O) groups is 2. The van der Waals surface area contributed by atoms with E-state index in [1.54, 1.807) is 31.2 Å². The molecule has 0 unspecified atom stereocenters. The van der Waals surface area contributed by atoms with Gasteiger partial charge in [-0.25, -0.2) is 4.98 Å². The van der Waals surface area contributed by atoms with Gasteiger partial charge in [0.15, 0.2) is 11.7 Å². The maximum Gasteiger partial charge on any atom is 0.262 e. The molecule has 3 rings (SSSR count). The normalized spacial score (nSPS) is 10.4. The number of para-hydroxylation sites is 1. The number of nitrogens with one attached hydrogen (secondary N) is 2. The number of amides is 2. The van der Waals surface area contributed by atoms with E-state index < -0.39 is 0 Å². The van der Waals surface area contributed by atoms with Gasteiger partial charge >= 0.3 is 0 Å². The fourth-order valence-electron chi connectivity index (χ4n) is 2.13. The summed E-state index contributed by atoms with van der Waals surface area (Å²) in [6, 6.07) is 14.6. The monoisotopic (exact) mass is 355 g/mol. The van der Waals surface area contributed by atoms with Crippen molar-refractivity contribution >= 4 is 44.2 Å². The van der Waals surface area contributed by atoms with E-state index in [-0.39, 0.29) is 18.4 Å². The minimum atomic E-state index is -0.252. The molecule has 3 aromatic rings. The van der Waals surface area contributed by atoms with Gasteiger partial charge < -0.3 is 15.4 Å². The number of benzene rings is 2. The van der Waals surface area contributed by atoms with E-state index in [1.165, 1.54) is 11.3 Å². The van der Waals surface area contributed by atoms with Crippen molar-refractivity contribution in [2.75, 3.05) is 17.2 Å². The number of thiazole rings is 1. The zero-order chi connectivity index (χ0) is 17.6. The summed E-state index contributed by atoms with van der Waals surface area (Å²) in [5, 5.41) is 6.07. The topological polar surface area (TPSA) is 80.3 Å². The van der Waals surface area contributed by atoms with E-state index in [9.17, 15) is 9.59 Å². The van der Waals surface area contributed by atoms with E-state index in [2.05, 4.69) is 15.6 Å². The molecule has 128 valence electrons. The number of aromatic nitrogens is 1. The van der Waals surface area contributed by atoms with E-state index >= 15 is 0 Å². The molecule has 1 heterocycles. The standard InChI is InChI=1S/C18H17N3O3S/c1-2-16(22)21-18-20-14-10-12(8-9-15(14)25-18)19-17(23)11-24-13-6-4-3-5-7-13/h3-10H,2,11H2,1H3,(H,19,23)(H,20,21,22). The van der Waals surface area contributed by atoms with Crippen LogP contribution < -0.4 is 15.4 Å². The summed E-state index contributed by atoms with van der Waals surface area (Å²) in [6.07, 6.45) is 0.401. The largest absolute Gasteiger partial charge is 0.484 e. The highest BCUT2D eigenvalue weighted by molar-refractivity contribution is 7.22. The third kappa shape index (κ3) is 4.54. The van der Waals surface area contributed by atoms with Crippen LogP contribution in [-0.4, -0.2) is 23.4 Å². The van der Waals surface area contributed by atoms with Crippen molar-refractivity contribution in [1.29, 1.82) is 0 Å². The van der Waals surface area contributed by atoms with Crippen molar-refractivity contribution in [1.82, 2.24) is 4.98 Å². The molecule has 0 aliphatic heterocycles. The van der Waals surface area contributed by atoms with Crippen molar-refractivity contribution < 1.29 is 14.3 Å². The first-order valence-electron chi connectivity index (χ1n) is 7.82. The van der Waals surface area contributed by atoms with Crippen molar-refractivity contribution in [3.05, 3.63) is 48.5 Å². The maximum absolute atomic E-state index is 12.0. The Kier molecular flexibility index (Phi) is 5.25. The van der Waals surface area contributed by atoms with Crippen LogP contribution in [0.25, 0.3) is 10.2 Å². The van der Waals surface area contributed by atoms with Crippen molar-refractivity contribution in [2.24, 2.45) is 0 Å². The minimum absolute atomic E-state index is 0.0725. The molecule has 2 aromatic carbocycles. The molecule has 6 nitrogen and oxygen atoms in total. The lowest BCUT2D eigenvalue weighted by Gasteiger charge is -2.07. The number of fused-ring (bicyclic) bond motifs is 1. The summed E-state index contributed by atoms with van der Waals surface area (Å²) in [7, 11) is 0. The average Bonchev–Trinajstić information content (AvgIpc) is 3.02. The predicted molar refractivity (Wildman–Crippen MR) is 99.1 cm³/mol. The lowest BCUT2D eigenvalue weighted by atomic mass is 10.3. The Bertz CT molecular complexity index is 893. The van der Waals surface area contributed by atoms with Gasteiger partial charge in [0, 0.05) is 12.1 Å². The molecule has 0 spiro atoms. The van der Waals surface area contributed by atoms with Crippen molar-refractivity contribution in [3.8, 4) is 5.75 Å². The second-order valence-electron chi connectivity index (χ2n) is 5.25. The van der Waals surface area contributed by atoms with Crippen LogP contribution in [-0.2, 0) is 9.59 Å². The van der Waals surface area contributed by atoms with Gasteiger partial charge in [0.1, 0.15) is 5.75 Å². The molecule has 25 heavy (non-hydrogen) atoms. The first-order valence-corrected chi connectivity index (χ1v) is 8.64. The van der Waals surface area contributed by atoms with Crippen LogP contribution in [0.5, 0.6) is 5.75 Å². The zero-order valence-corrected chi connectivity index (χ0v) is 14.4. The van der Waals surface area contributed by atoms with Gasteiger partial charge in [-0.05, 0) is 30.3 Å². The number of nitrogens with zero attached hydrogens (tertiary/aromatic N) is 1. The molecule has 0 aliphatic rings. The molecule has 0 atom stereocenters. The Morgan fingerprint density at radius 3 is 2.64 bits per heavy atom. The molecule has 2 amide bonds. The molecule has 0 fully saturated rings. The Morgan fingerprint density at radius 1 is 1.08 bits per heavy atom. The Morgan fingerprint density at radius 2 is 1.88 bits per heavy atom. The van der Waals surface area contributed by atoms with Gasteiger partial charge in [-0.15, -0.1) is 0 Å². The quantitative estimate of drug-likeness (QED) is 0.707. The van der Waals surface area contributed by atoms with Crippen LogP contribution in [0, 0.1) is 0 Å². The zero-order valence-electron chi connectivity index (χ0n) is 13.6. The Balaban J connectivity index is 1.63. The summed E-state index contributed by atoms with van der Waals surface area (Å²) in [6.45, 7) is 1.71. The number of carbonyl (C=O) groups excluding carboxylic acids is 2. The first-order chi connectivity index (χ1) is 12.1. The molecule has 0 aliphatic carbocycles. The Hall–Kier alpha value is -2.93. The third-order valence-corrected chi connectivity index (χ3v) is 4.30. The predicted octanol–water partition coefficient (Wildman–Crippen LogP) is 3.66.